The number of hydrogen-bond donors (Lipinski definition) is 3. The molecule has 1 aliphatic rings. The van der Waals surface area contributed by atoms with Crippen LogP contribution in [0.5, 0.6) is 5.06 Å². The fourth-order valence-corrected chi connectivity index (χ4v) is 6.97. The lowest BCUT2D eigenvalue weighted by atomic mass is 9.71. The Hall–Kier alpha value is -4.17. The first-order valence-corrected chi connectivity index (χ1v) is 15.0. The van der Waals surface area contributed by atoms with Crippen molar-refractivity contribution in [1.82, 2.24) is 20.6 Å². The van der Waals surface area contributed by atoms with Gasteiger partial charge in [0.15, 0.2) is 5.06 Å². The fourth-order valence-electron chi connectivity index (χ4n) is 6.06. The number of aromatic amines is 1. The first-order valence-electron chi connectivity index (χ1n) is 14.2. The lowest BCUT2D eigenvalue weighted by Crippen LogP contribution is -2.60. The van der Waals surface area contributed by atoms with Gasteiger partial charge in [-0.2, -0.15) is 0 Å². The van der Waals surface area contributed by atoms with Crippen molar-refractivity contribution in [3.63, 3.8) is 0 Å². The molecule has 0 spiro atoms. The number of carbonyl (C=O) groups excluding carboxylic acids is 2. The lowest BCUT2D eigenvalue weighted by Gasteiger charge is -2.38. The second-order valence-corrected chi connectivity index (χ2v) is 12.3. The first-order chi connectivity index (χ1) is 19.9. The minimum Gasteiger partial charge on any atom is -0.399 e. The van der Waals surface area contributed by atoms with Gasteiger partial charge < -0.3 is 20.4 Å². The maximum Gasteiger partial charge on any atom is 0.414 e. The summed E-state index contributed by atoms with van der Waals surface area (Å²) in [5.41, 5.74) is 1.44. The molecule has 5 aromatic rings. The molecule has 7 nitrogen and oxygen atoms in total. The molecular formula is C33H34N4O3S. The van der Waals surface area contributed by atoms with E-state index in [1.807, 2.05) is 79.1 Å². The summed E-state index contributed by atoms with van der Waals surface area (Å²) in [5, 5.41) is 8.66. The molecule has 1 atom stereocenters. The Kier molecular flexibility index (Phi) is 7.49. The molecule has 3 aromatic heterocycles. The predicted molar refractivity (Wildman–Crippen MR) is 163 cm³/mol. The number of ether oxygens (including phenoxy) is 1. The number of carbonyl (C=O) groups is 2. The molecule has 2 amide bonds. The van der Waals surface area contributed by atoms with E-state index in [-0.39, 0.29) is 11.3 Å². The standard InChI is InChI=1S/C33H34N4O3S/c1-32(20-24-21-35-26-13-5-4-12-25(24)26,37-31(39)40-29-19-23-11-3-6-14-27(23)41-29)30(38)36-22-33(16-8-2-9-17-33)28-15-7-10-18-34-28/h3-7,10-15,18-19,21,35H,2,8-9,16-17,20,22H2,1H3,(H,36,38)(H,37,39)/t32-/m0/s1. The lowest BCUT2D eigenvalue weighted by molar-refractivity contribution is -0.127. The number of hydrogen-bond acceptors (Lipinski definition) is 5. The summed E-state index contributed by atoms with van der Waals surface area (Å²) in [6.07, 6.45) is 8.66. The number of aromatic nitrogens is 2. The molecule has 8 heteroatoms. The van der Waals surface area contributed by atoms with Crippen molar-refractivity contribution >= 4 is 44.3 Å². The van der Waals surface area contributed by atoms with Crippen LogP contribution in [0, 0.1) is 0 Å². The molecule has 6 rings (SSSR count). The average Bonchev–Trinajstić information content (AvgIpc) is 3.60. The number of benzene rings is 2. The number of rotatable bonds is 8. The number of thiophene rings is 1. The molecule has 0 unspecified atom stereocenters. The Morgan fingerprint density at radius 2 is 1.80 bits per heavy atom. The molecule has 3 N–H and O–H groups in total. The second-order valence-electron chi connectivity index (χ2n) is 11.2. The summed E-state index contributed by atoms with van der Waals surface area (Å²) in [5.74, 6) is -0.253. The SMILES string of the molecule is C[C@@](Cc1c[nH]c2ccccc12)(NC(=O)Oc1cc2ccccc2s1)C(=O)NCC1(c2ccccn2)CCCCC1. The number of amides is 2. The minimum atomic E-state index is -1.27. The molecule has 1 saturated carbocycles. The normalized spacial score (nSPS) is 16.2. The van der Waals surface area contributed by atoms with Crippen LogP contribution in [0.25, 0.3) is 21.0 Å². The van der Waals surface area contributed by atoms with Crippen molar-refractivity contribution in [3.05, 3.63) is 96.4 Å². The zero-order valence-electron chi connectivity index (χ0n) is 23.1. The van der Waals surface area contributed by atoms with E-state index < -0.39 is 11.6 Å². The van der Waals surface area contributed by atoms with E-state index in [1.165, 1.54) is 17.8 Å². The number of nitrogens with one attached hydrogen (secondary N) is 3. The highest BCUT2D eigenvalue weighted by atomic mass is 32.1. The van der Waals surface area contributed by atoms with Crippen LogP contribution in [0.15, 0.2) is 85.2 Å². The van der Waals surface area contributed by atoms with Gasteiger partial charge in [0.25, 0.3) is 0 Å². The van der Waals surface area contributed by atoms with Gasteiger partial charge in [-0.15, -0.1) is 0 Å². The van der Waals surface area contributed by atoms with Crippen molar-refractivity contribution in [2.75, 3.05) is 6.54 Å². The van der Waals surface area contributed by atoms with Gasteiger partial charge in [0.1, 0.15) is 5.54 Å². The van der Waals surface area contributed by atoms with Crippen molar-refractivity contribution in [3.8, 4) is 5.06 Å². The monoisotopic (exact) mass is 566 g/mol. The van der Waals surface area contributed by atoms with Crippen LogP contribution in [0.4, 0.5) is 4.79 Å². The number of nitrogens with zero attached hydrogens (tertiary/aromatic N) is 1. The summed E-state index contributed by atoms with van der Waals surface area (Å²) in [6, 6.07) is 23.7. The summed E-state index contributed by atoms with van der Waals surface area (Å²) >= 11 is 1.40. The Balaban J connectivity index is 1.25. The molecule has 0 saturated heterocycles. The van der Waals surface area contributed by atoms with E-state index >= 15 is 0 Å². The smallest absolute Gasteiger partial charge is 0.399 e. The third-order valence-electron chi connectivity index (χ3n) is 8.30. The van der Waals surface area contributed by atoms with Crippen LogP contribution in [0.1, 0.15) is 50.3 Å². The highest BCUT2D eigenvalue weighted by Gasteiger charge is 2.40. The Bertz CT molecular complexity index is 1640. The van der Waals surface area contributed by atoms with E-state index in [0.29, 0.717) is 18.0 Å². The molecule has 0 radical (unpaired) electrons. The number of para-hydroxylation sites is 1. The third kappa shape index (κ3) is 5.70. The van der Waals surface area contributed by atoms with Gasteiger partial charge in [-0.05, 0) is 55.0 Å². The molecule has 1 aliphatic carbocycles. The van der Waals surface area contributed by atoms with Crippen LogP contribution < -0.4 is 15.4 Å². The van der Waals surface area contributed by atoms with Crippen molar-refractivity contribution in [2.45, 2.75) is 56.4 Å². The van der Waals surface area contributed by atoms with Gasteiger partial charge in [0.2, 0.25) is 5.91 Å². The zero-order chi connectivity index (χ0) is 28.3. The summed E-state index contributed by atoms with van der Waals surface area (Å²) in [4.78, 5) is 35.3. The molecule has 3 heterocycles. The minimum absolute atomic E-state index is 0.228. The van der Waals surface area contributed by atoms with Crippen molar-refractivity contribution < 1.29 is 14.3 Å². The molecule has 1 fully saturated rings. The quantitative estimate of drug-likeness (QED) is 0.191. The third-order valence-corrected chi connectivity index (χ3v) is 9.29. The van der Waals surface area contributed by atoms with Gasteiger partial charge in [-0.25, -0.2) is 4.79 Å². The predicted octanol–water partition coefficient (Wildman–Crippen LogP) is 6.89. The fraction of sp³-hybridized carbons (Fsp3) is 0.303. The molecule has 0 bridgehead atoms. The Morgan fingerprint density at radius 1 is 1.02 bits per heavy atom. The van der Waals surface area contributed by atoms with Gasteiger partial charge in [0.05, 0.1) is 0 Å². The highest BCUT2D eigenvalue weighted by Crippen LogP contribution is 2.38. The number of H-pyrrole nitrogens is 1. The largest absolute Gasteiger partial charge is 0.414 e. The van der Waals surface area contributed by atoms with Crippen LogP contribution in [-0.4, -0.2) is 34.1 Å². The number of pyridine rings is 1. The molecule has 41 heavy (non-hydrogen) atoms. The van der Waals surface area contributed by atoms with Crippen LogP contribution >= 0.6 is 11.3 Å². The van der Waals surface area contributed by atoms with E-state index in [4.69, 9.17) is 4.74 Å². The Morgan fingerprint density at radius 3 is 2.61 bits per heavy atom. The van der Waals surface area contributed by atoms with Crippen LogP contribution in [0.2, 0.25) is 0 Å². The van der Waals surface area contributed by atoms with Crippen molar-refractivity contribution in [2.24, 2.45) is 0 Å². The maximum absolute atomic E-state index is 14.1. The summed E-state index contributed by atoms with van der Waals surface area (Å²) in [6.45, 7) is 2.23. The van der Waals surface area contributed by atoms with E-state index in [2.05, 4.69) is 26.7 Å². The summed E-state index contributed by atoms with van der Waals surface area (Å²) < 4.78 is 6.74. The Labute approximate surface area is 243 Å². The topological polar surface area (TPSA) is 96.1 Å². The molecule has 0 aliphatic heterocycles. The van der Waals surface area contributed by atoms with Crippen molar-refractivity contribution in [1.29, 1.82) is 0 Å². The van der Waals surface area contributed by atoms with Crippen LogP contribution in [-0.2, 0) is 16.6 Å². The zero-order valence-corrected chi connectivity index (χ0v) is 23.9. The van der Waals surface area contributed by atoms with Crippen LogP contribution in [0.3, 0.4) is 0 Å². The van der Waals surface area contributed by atoms with E-state index in [1.54, 1.807) is 6.92 Å². The molecule has 2 aromatic carbocycles. The molecule has 210 valence electrons. The van der Waals surface area contributed by atoms with Gasteiger partial charge in [-0.3, -0.25) is 9.78 Å². The first kappa shape index (κ1) is 27.0. The van der Waals surface area contributed by atoms with Gasteiger partial charge >= 0.3 is 6.09 Å². The van der Waals surface area contributed by atoms with E-state index in [9.17, 15) is 9.59 Å². The van der Waals surface area contributed by atoms with Gasteiger partial charge in [-0.1, -0.05) is 73.1 Å². The molecular weight excluding hydrogens is 532 g/mol. The maximum atomic E-state index is 14.1. The summed E-state index contributed by atoms with van der Waals surface area (Å²) in [7, 11) is 0. The highest BCUT2D eigenvalue weighted by molar-refractivity contribution is 7.20. The average molecular weight is 567 g/mol. The van der Waals surface area contributed by atoms with E-state index in [0.717, 1.165) is 57.9 Å². The van der Waals surface area contributed by atoms with Gasteiger partial charge in [0, 0.05) is 58.1 Å². The second kappa shape index (κ2) is 11.4. The number of fused-ring (bicyclic) bond motifs is 2.